The van der Waals surface area contributed by atoms with Gasteiger partial charge in [0.1, 0.15) is 5.82 Å². The highest BCUT2D eigenvalue weighted by Gasteiger charge is 2.27. The van der Waals surface area contributed by atoms with Gasteiger partial charge in [0.2, 0.25) is 0 Å². The predicted octanol–water partition coefficient (Wildman–Crippen LogP) is 4.03. The van der Waals surface area contributed by atoms with Crippen molar-refractivity contribution >= 4 is 11.4 Å². The van der Waals surface area contributed by atoms with E-state index in [1.54, 1.807) is 6.07 Å². The van der Waals surface area contributed by atoms with Gasteiger partial charge in [-0.25, -0.2) is 4.39 Å². The number of benzene rings is 1. The summed E-state index contributed by atoms with van der Waals surface area (Å²) in [5, 5.41) is 3.52. The Morgan fingerprint density at radius 1 is 1.28 bits per heavy atom. The van der Waals surface area contributed by atoms with Crippen molar-refractivity contribution < 1.29 is 4.39 Å². The second-order valence-electron chi connectivity index (χ2n) is 5.67. The van der Waals surface area contributed by atoms with Gasteiger partial charge in [-0.1, -0.05) is 26.7 Å². The largest absolute Gasteiger partial charge is 0.397 e. The molecular formula is C15H23FN2. The standard InChI is InChI=1S/C15H23FN2/c1-10(2)12-5-3-4-6-14(12)18-15-8-7-11(16)9-13(15)17/h7-10,12,14,18H,3-6,17H2,1-2H3. The molecule has 0 aliphatic heterocycles. The highest BCUT2D eigenvalue weighted by molar-refractivity contribution is 5.66. The summed E-state index contributed by atoms with van der Waals surface area (Å²) in [6, 6.07) is 5.06. The van der Waals surface area contributed by atoms with Gasteiger partial charge in [-0.05, 0) is 42.9 Å². The van der Waals surface area contributed by atoms with E-state index in [0.29, 0.717) is 23.6 Å². The molecule has 1 fully saturated rings. The summed E-state index contributed by atoms with van der Waals surface area (Å²) >= 11 is 0. The fourth-order valence-electron chi connectivity index (χ4n) is 3.00. The van der Waals surface area contributed by atoms with Crippen LogP contribution in [0.5, 0.6) is 0 Å². The molecule has 1 aliphatic rings. The van der Waals surface area contributed by atoms with E-state index in [4.69, 9.17) is 5.73 Å². The van der Waals surface area contributed by atoms with Crippen LogP contribution in [0.3, 0.4) is 0 Å². The monoisotopic (exact) mass is 250 g/mol. The maximum atomic E-state index is 13.0. The minimum atomic E-state index is -0.276. The zero-order valence-electron chi connectivity index (χ0n) is 11.2. The molecule has 1 saturated carbocycles. The summed E-state index contributed by atoms with van der Waals surface area (Å²) in [6.45, 7) is 4.55. The summed E-state index contributed by atoms with van der Waals surface area (Å²) < 4.78 is 13.0. The molecule has 0 aromatic heterocycles. The molecule has 0 bridgehead atoms. The Morgan fingerprint density at radius 3 is 2.67 bits per heavy atom. The number of hydrogen-bond acceptors (Lipinski definition) is 2. The first-order valence-electron chi connectivity index (χ1n) is 6.89. The number of halogens is 1. The van der Waals surface area contributed by atoms with Crippen molar-refractivity contribution in [3.8, 4) is 0 Å². The smallest absolute Gasteiger partial charge is 0.125 e. The molecule has 1 aliphatic carbocycles. The van der Waals surface area contributed by atoms with Crippen molar-refractivity contribution in [2.75, 3.05) is 11.1 Å². The minimum absolute atomic E-state index is 0.276. The van der Waals surface area contributed by atoms with Crippen molar-refractivity contribution in [1.29, 1.82) is 0 Å². The van der Waals surface area contributed by atoms with E-state index >= 15 is 0 Å². The fourth-order valence-corrected chi connectivity index (χ4v) is 3.00. The third-order valence-corrected chi connectivity index (χ3v) is 4.03. The van der Waals surface area contributed by atoms with Gasteiger partial charge in [0.15, 0.2) is 0 Å². The van der Waals surface area contributed by atoms with E-state index in [9.17, 15) is 4.39 Å². The number of rotatable bonds is 3. The van der Waals surface area contributed by atoms with Crippen LogP contribution >= 0.6 is 0 Å². The number of nitrogen functional groups attached to an aromatic ring is 1. The van der Waals surface area contributed by atoms with Crippen molar-refractivity contribution in [2.24, 2.45) is 11.8 Å². The SMILES string of the molecule is CC(C)C1CCCCC1Nc1ccc(F)cc1N. The summed E-state index contributed by atoms with van der Waals surface area (Å²) in [6.07, 6.45) is 5.04. The topological polar surface area (TPSA) is 38.0 Å². The van der Waals surface area contributed by atoms with Crippen LogP contribution in [0.25, 0.3) is 0 Å². The molecule has 100 valence electrons. The second kappa shape index (κ2) is 5.59. The summed E-state index contributed by atoms with van der Waals surface area (Å²) in [5.41, 5.74) is 7.23. The Balaban J connectivity index is 2.11. The molecule has 1 aromatic rings. The van der Waals surface area contributed by atoms with Gasteiger partial charge in [0, 0.05) is 6.04 Å². The van der Waals surface area contributed by atoms with Gasteiger partial charge in [-0.2, -0.15) is 0 Å². The predicted molar refractivity (Wildman–Crippen MR) is 75.0 cm³/mol. The summed E-state index contributed by atoms with van der Waals surface area (Å²) in [7, 11) is 0. The van der Waals surface area contributed by atoms with Gasteiger partial charge < -0.3 is 11.1 Å². The van der Waals surface area contributed by atoms with E-state index in [-0.39, 0.29) is 5.82 Å². The molecule has 2 unspecified atom stereocenters. The number of nitrogens with one attached hydrogen (secondary N) is 1. The zero-order valence-corrected chi connectivity index (χ0v) is 11.2. The summed E-state index contributed by atoms with van der Waals surface area (Å²) in [5.74, 6) is 1.08. The van der Waals surface area contributed by atoms with Crippen molar-refractivity contribution in [3.05, 3.63) is 24.0 Å². The van der Waals surface area contributed by atoms with E-state index in [1.165, 1.54) is 37.8 Å². The van der Waals surface area contributed by atoms with E-state index < -0.39 is 0 Å². The molecule has 2 atom stereocenters. The van der Waals surface area contributed by atoms with Crippen LogP contribution in [0.1, 0.15) is 39.5 Å². The van der Waals surface area contributed by atoms with Crippen molar-refractivity contribution in [3.63, 3.8) is 0 Å². The third kappa shape index (κ3) is 2.95. The van der Waals surface area contributed by atoms with Gasteiger partial charge >= 0.3 is 0 Å². The third-order valence-electron chi connectivity index (χ3n) is 4.03. The van der Waals surface area contributed by atoms with Crippen LogP contribution in [0.15, 0.2) is 18.2 Å². The zero-order chi connectivity index (χ0) is 13.1. The molecule has 0 radical (unpaired) electrons. The molecule has 1 aromatic carbocycles. The quantitative estimate of drug-likeness (QED) is 0.795. The lowest BCUT2D eigenvalue weighted by molar-refractivity contribution is 0.254. The lowest BCUT2D eigenvalue weighted by Crippen LogP contribution is -2.35. The Hall–Kier alpha value is -1.25. The van der Waals surface area contributed by atoms with Crippen LogP contribution in [-0.2, 0) is 0 Å². The minimum Gasteiger partial charge on any atom is -0.397 e. The average molecular weight is 250 g/mol. The molecule has 18 heavy (non-hydrogen) atoms. The molecule has 0 heterocycles. The van der Waals surface area contributed by atoms with Gasteiger partial charge in [0.25, 0.3) is 0 Å². The van der Waals surface area contributed by atoms with Gasteiger partial charge in [-0.15, -0.1) is 0 Å². The number of anilines is 2. The molecular weight excluding hydrogens is 227 g/mol. The van der Waals surface area contributed by atoms with E-state index in [2.05, 4.69) is 19.2 Å². The molecule has 3 N–H and O–H groups in total. The first-order valence-corrected chi connectivity index (χ1v) is 6.89. The highest BCUT2D eigenvalue weighted by atomic mass is 19.1. The van der Waals surface area contributed by atoms with Crippen LogP contribution < -0.4 is 11.1 Å². The van der Waals surface area contributed by atoms with E-state index in [1.807, 2.05) is 0 Å². The molecule has 2 rings (SSSR count). The molecule has 2 nitrogen and oxygen atoms in total. The Bertz CT molecular complexity index is 403. The second-order valence-corrected chi connectivity index (χ2v) is 5.67. The maximum absolute atomic E-state index is 13.0. The Labute approximate surface area is 109 Å². The molecule has 0 amide bonds. The summed E-state index contributed by atoms with van der Waals surface area (Å²) in [4.78, 5) is 0. The fraction of sp³-hybridized carbons (Fsp3) is 0.600. The van der Waals surface area contributed by atoms with Crippen molar-refractivity contribution in [1.82, 2.24) is 0 Å². The molecule has 0 spiro atoms. The van der Waals surface area contributed by atoms with Crippen LogP contribution in [-0.4, -0.2) is 6.04 Å². The number of nitrogens with two attached hydrogens (primary N) is 1. The van der Waals surface area contributed by atoms with Gasteiger partial charge in [-0.3, -0.25) is 0 Å². The molecule has 0 saturated heterocycles. The first-order chi connectivity index (χ1) is 8.58. The van der Waals surface area contributed by atoms with E-state index in [0.717, 1.165) is 5.69 Å². The number of hydrogen-bond donors (Lipinski definition) is 2. The molecule has 3 heteroatoms. The van der Waals surface area contributed by atoms with Crippen LogP contribution in [0, 0.1) is 17.7 Å². The lowest BCUT2D eigenvalue weighted by atomic mass is 9.78. The van der Waals surface area contributed by atoms with Crippen molar-refractivity contribution in [2.45, 2.75) is 45.6 Å². The lowest BCUT2D eigenvalue weighted by Gasteiger charge is -2.35. The Kier molecular flexibility index (Phi) is 4.10. The first kappa shape index (κ1) is 13.2. The van der Waals surface area contributed by atoms with Crippen LogP contribution in [0.2, 0.25) is 0 Å². The Morgan fingerprint density at radius 2 is 2.00 bits per heavy atom. The van der Waals surface area contributed by atoms with Gasteiger partial charge in [0.05, 0.1) is 11.4 Å². The highest BCUT2D eigenvalue weighted by Crippen LogP contribution is 2.33. The average Bonchev–Trinajstić information content (AvgIpc) is 2.33. The normalized spacial score (nSPS) is 24.2. The maximum Gasteiger partial charge on any atom is 0.125 e. The van der Waals surface area contributed by atoms with Crippen LogP contribution in [0.4, 0.5) is 15.8 Å².